The summed E-state index contributed by atoms with van der Waals surface area (Å²) >= 11 is 0. The molecule has 1 atom stereocenters. The van der Waals surface area contributed by atoms with E-state index in [1.165, 1.54) is 5.56 Å². The molecule has 0 aliphatic heterocycles. The van der Waals surface area contributed by atoms with Crippen LogP contribution >= 0.6 is 0 Å². The first-order valence-corrected chi connectivity index (χ1v) is 7.03. The molecule has 0 heterocycles. The van der Waals surface area contributed by atoms with Crippen LogP contribution in [0.3, 0.4) is 0 Å². The van der Waals surface area contributed by atoms with Crippen LogP contribution in [-0.2, 0) is 6.42 Å². The molecule has 4 radical (unpaired) electrons. The van der Waals surface area contributed by atoms with E-state index in [1.807, 2.05) is 24.3 Å². The Morgan fingerprint density at radius 1 is 1.09 bits per heavy atom. The summed E-state index contributed by atoms with van der Waals surface area (Å²) < 4.78 is 5.52. The van der Waals surface area contributed by atoms with Crippen molar-refractivity contribution in [2.24, 2.45) is 0 Å². The Morgan fingerprint density at radius 2 is 1.64 bits per heavy atom. The molecular formula is C15H27GeNO5. The number of ether oxygens (including phenoxy) is 1. The molecule has 0 saturated heterocycles. The first kappa shape index (κ1) is 23.6. The minimum absolute atomic E-state index is 0. The zero-order valence-corrected chi connectivity index (χ0v) is 15.1. The Labute approximate surface area is 143 Å². The second-order valence-corrected chi connectivity index (χ2v) is 4.71. The van der Waals surface area contributed by atoms with Gasteiger partial charge < -0.3 is 25.5 Å². The summed E-state index contributed by atoms with van der Waals surface area (Å²) in [6.45, 7) is 3.53. The van der Waals surface area contributed by atoms with Gasteiger partial charge >= 0.3 is 0 Å². The molecule has 0 bridgehead atoms. The van der Waals surface area contributed by atoms with E-state index >= 15 is 0 Å². The van der Waals surface area contributed by atoms with Crippen LogP contribution in [0.25, 0.3) is 0 Å². The zero-order chi connectivity index (χ0) is 14.8. The maximum Gasteiger partial charge on any atom is 0.119 e. The van der Waals surface area contributed by atoms with E-state index in [1.54, 1.807) is 4.90 Å². The van der Waals surface area contributed by atoms with Crippen molar-refractivity contribution >= 4 is 17.6 Å². The topological polar surface area (TPSA) is 105 Å². The van der Waals surface area contributed by atoms with Crippen LogP contribution in [0.2, 0.25) is 0 Å². The van der Waals surface area contributed by atoms with Crippen molar-refractivity contribution in [3.63, 3.8) is 0 Å². The maximum atomic E-state index is 9.91. The van der Waals surface area contributed by atoms with Gasteiger partial charge in [0.2, 0.25) is 0 Å². The summed E-state index contributed by atoms with van der Waals surface area (Å²) in [7, 11) is 0. The molecule has 7 heteroatoms. The molecule has 0 saturated carbocycles. The molecule has 1 rings (SSSR count). The first-order chi connectivity index (χ1) is 9.69. The van der Waals surface area contributed by atoms with Crippen LogP contribution in [-0.4, -0.2) is 88.9 Å². The molecule has 126 valence electrons. The third kappa shape index (κ3) is 9.39. The summed E-state index contributed by atoms with van der Waals surface area (Å²) in [6.07, 6.45) is 0.333. The average molecular weight is 374 g/mol. The summed E-state index contributed by atoms with van der Waals surface area (Å²) in [5.41, 5.74) is 1.25. The fourth-order valence-corrected chi connectivity index (χ4v) is 1.94. The number of hydrogen-bond acceptors (Lipinski definition) is 5. The van der Waals surface area contributed by atoms with Gasteiger partial charge in [0.15, 0.2) is 0 Å². The molecule has 0 spiro atoms. The number of aliphatic hydroxyl groups excluding tert-OH is 3. The van der Waals surface area contributed by atoms with Crippen LogP contribution in [0.15, 0.2) is 24.3 Å². The van der Waals surface area contributed by atoms with Gasteiger partial charge in [-0.3, -0.25) is 4.90 Å². The zero-order valence-electron chi connectivity index (χ0n) is 13.0. The van der Waals surface area contributed by atoms with Gasteiger partial charge in [0, 0.05) is 37.2 Å². The number of aliphatic hydroxyl groups is 3. The molecule has 0 fully saturated rings. The van der Waals surface area contributed by atoms with Crippen LogP contribution in [0.4, 0.5) is 0 Å². The molecule has 0 aromatic heterocycles. The molecule has 1 aromatic carbocycles. The summed E-state index contributed by atoms with van der Waals surface area (Å²) in [6, 6.07) is 7.80. The Balaban J connectivity index is 0. The van der Waals surface area contributed by atoms with E-state index < -0.39 is 6.10 Å². The Hall–Kier alpha value is -0.637. The fraction of sp³-hybridized carbons (Fsp3) is 0.600. The Bertz CT molecular complexity index is 357. The molecule has 5 N–H and O–H groups in total. The molecule has 0 amide bonds. The van der Waals surface area contributed by atoms with E-state index in [0.717, 1.165) is 12.2 Å². The summed E-state index contributed by atoms with van der Waals surface area (Å²) in [5.74, 6) is 0.733. The van der Waals surface area contributed by atoms with E-state index in [-0.39, 0.29) is 42.9 Å². The SMILES string of the molecule is CCc1ccc(OCC(O)CN(CCO)CCO)cc1.O.[Ge]. The van der Waals surface area contributed by atoms with Crippen molar-refractivity contribution in [2.45, 2.75) is 19.4 Å². The Kier molecular flexibility index (Phi) is 15.0. The second-order valence-electron chi connectivity index (χ2n) is 4.71. The van der Waals surface area contributed by atoms with Gasteiger partial charge in [-0.15, -0.1) is 0 Å². The third-order valence-corrected chi connectivity index (χ3v) is 3.08. The van der Waals surface area contributed by atoms with Crippen molar-refractivity contribution in [3.8, 4) is 5.75 Å². The number of nitrogens with zero attached hydrogens (tertiary/aromatic N) is 1. The van der Waals surface area contributed by atoms with Gasteiger partial charge in [-0.1, -0.05) is 19.1 Å². The van der Waals surface area contributed by atoms with Crippen molar-refractivity contribution in [3.05, 3.63) is 29.8 Å². The van der Waals surface area contributed by atoms with Crippen molar-refractivity contribution < 1.29 is 25.5 Å². The predicted molar refractivity (Wildman–Crippen MR) is 87.3 cm³/mol. The largest absolute Gasteiger partial charge is 0.491 e. The monoisotopic (exact) mass is 375 g/mol. The molecule has 1 unspecified atom stereocenters. The van der Waals surface area contributed by atoms with Gasteiger partial charge in [-0.2, -0.15) is 0 Å². The van der Waals surface area contributed by atoms with Gasteiger partial charge in [0.05, 0.1) is 13.2 Å². The number of aryl methyl sites for hydroxylation is 1. The standard InChI is InChI=1S/C15H25NO4.Ge.H2O/c1-2-13-3-5-15(6-4-13)20-12-14(19)11-16(7-9-17)8-10-18;;/h3-6,14,17-19H,2,7-12H2,1H3;;1H2. The van der Waals surface area contributed by atoms with Crippen molar-refractivity contribution in [2.75, 3.05) is 39.5 Å². The average Bonchev–Trinajstić information content (AvgIpc) is 2.46. The van der Waals surface area contributed by atoms with Crippen molar-refractivity contribution in [1.82, 2.24) is 4.90 Å². The maximum absolute atomic E-state index is 9.91. The van der Waals surface area contributed by atoms with Gasteiger partial charge in [-0.25, -0.2) is 0 Å². The minimum atomic E-state index is -0.654. The molecular weight excluding hydrogens is 347 g/mol. The molecule has 0 aliphatic rings. The van der Waals surface area contributed by atoms with Crippen LogP contribution in [0.5, 0.6) is 5.75 Å². The van der Waals surface area contributed by atoms with Gasteiger partial charge in [0.1, 0.15) is 18.5 Å². The minimum Gasteiger partial charge on any atom is -0.491 e. The number of rotatable bonds is 10. The van der Waals surface area contributed by atoms with Crippen LogP contribution in [0.1, 0.15) is 12.5 Å². The van der Waals surface area contributed by atoms with E-state index in [2.05, 4.69) is 6.92 Å². The van der Waals surface area contributed by atoms with Gasteiger partial charge in [0.25, 0.3) is 0 Å². The third-order valence-electron chi connectivity index (χ3n) is 3.08. The fourth-order valence-electron chi connectivity index (χ4n) is 1.94. The summed E-state index contributed by atoms with van der Waals surface area (Å²) in [4.78, 5) is 1.80. The van der Waals surface area contributed by atoms with Gasteiger partial charge in [-0.05, 0) is 24.1 Å². The number of hydrogen-bond donors (Lipinski definition) is 3. The molecule has 6 nitrogen and oxygen atoms in total. The first-order valence-electron chi connectivity index (χ1n) is 7.03. The predicted octanol–water partition coefficient (Wildman–Crippen LogP) is -0.930. The molecule has 1 aromatic rings. The second kappa shape index (κ2) is 14.0. The van der Waals surface area contributed by atoms with Crippen molar-refractivity contribution in [1.29, 1.82) is 0 Å². The van der Waals surface area contributed by atoms with Crippen LogP contribution < -0.4 is 4.74 Å². The summed E-state index contributed by atoms with van der Waals surface area (Å²) in [5, 5.41) is 27.7. The van der Waals surface area contributed by atoms with Crippen LogP contribution in [0, 0.1) is 0 Å². The molecule has 22 heavy (non-hydrogen) atoms. The van der Waals surface area contributed by atoms with E-state index in [9.17, 15) is 5.11 Å². The van der Waals surface area contributed by atoms with E-state index in [4.69, 9.17) is 14.9 Å². The smallest absolute Gasteiger partial charge is 0.119 e. The Morgan fingerprint density at radius 3 is 2.09 bits per heavy atom. The molecule has 0 aliphatic carbocycles. The quantitative estimate of drug-likeness (QED) is 0.459. The normalized spacial score (nSPS) is 11.5. The van der Waals surface area contributed by atoms with E-state index in [0.29, 0.717) is 19.6 Å². The number of benzene rings is 1.